The third-order valence-electron chi connectivity index (χ3n) is 6.69. The smallest absolute Gasteiger partial charge is 0.256 e. The van der Waals surface area contributed by atoms with Crippen LogP contribution in [0.4, 0.5) is 0 Å². The Bertz CT molecular complexity index is 1190. The standard InChI is InChI=1S/C24H23N5O/c1-28-13-17-3-4-18(14-28)29(17)24(30)16-10-20-19(5-7-21(20)27-12-16)15-2-6-22-23(11-15)26-9-8-25-22/h2,5-6,8-12,17-18H,3-4,7,13-14H2,1H3. The Morgan fingerprint density at radius 3 is 2.57 bits per heavy atom. The van der Waals surface area contributed by atoms with Crippen molar-refractivity contribution in [1.29, 1.82) is 0 Å². The van der Waals surface area contributed by atoms with Gasteiger partial charge in [-0.15, -0.1) is 0 Å². The topological polar surface area (TPSA) is 62.2 Å². The summed E-state index contributed by atoms with van der Waals surface area (Å²) in [6, 6.07) is 8.83. The average molecular weight is 397 g/mol. The zero-order valence-electron chi connectivity index (χ0n) is 17.0. The summed E-state index contributed by atoms with van der Waals surface area (Å²) in [5, 5.41) is 0. The minimum Gasteiger partial charge on any atom is -0.330 e. The predicted molar refractivity (Wildman–Crippen MR) is 115 cm³/mol. The predicted octanol–water partition coefficient (Wildman–Crippen LogP) is 2.93. The summed E-state index contributed by atoms with van der Waals surface area (Å²) in [6.45, 7) is 1.92. The Hall–Kier alpha value is -3.12. The Labute approximate surface area is 175 Å². The first-order valence-electron chi connectivity index (χ1n) is 10.6. The lowest BCUT2D eigenvalue weighted by molar-refractivity contribution is 0.0472. The van der Waals surface area contributed by atoms with Gasteiger partial charge in [-0.05, 0) is 49.2 Å². The molecule has 3 aliphatic rings. The third-order valence-corrected chi connectivity index (χ3v) is 6.69. The van der Waals surface area contributed by atoms with Crippen LogP contribution >= 0.6 is 0 Å². The van der Waals surface area contributed by atoms with Gasteiger partial charge in [-0.3, -0.25) is 19.7 Å². The summed E-state index contributed by atoms with van der Waals surface area (Å²) in [5.41, 5.74) is 6.76. The van der Waals surface area contributed by atoms with Gasteiger partial charge in [0, 0.05) is 55.7 Å². The number of nitrogens with zero attached hydrogens (tertiary/aromatic N) is 5. The van der Waals surface area contributed by atoms with Crippen LogP contribution in [0.1, 0.15) is 40.0 Å². The molecule has 2 fully saturated rings. The van der Waals surface area contributed by atoms with Crippen LogP contribution in [0, 0.1) is 0 Å². The molecule has 1 amide bonds. The van der Waals surface area contributed by atoms with E-state index in [-0.39, 0.29) is 5.91 Å². The van der Waals surface area contributed by atoms with Gasteiger partial charge in [-0.1, -0.05) is 12.1 Å². The minimum atomic E-state index is 0.126. The number of amides is 1. The van der Waals surface area contributed by atoms with Gasteiger partial charge in [-0.2, -0.15) is 0 Å². The van der Waals surface area contributed by atoms with Crippen molar-refractivity contribution in [2.75, 3.05) is 20.1 Å². The molecular formula is C24H23N5O. The number of allylic oxidation sites excluding steroid dienone is 1. The second kappa shape index (κ2) is 6.71. The fraction of sp³-hybridized carbons (Fsp3) is 0.333. The van der Waals surface area contributed by atoms with Crippen LogP contribution < -0.4 is 0 Å². The minimum absolute atomic E-state index is 0.126. The molecule has 0 radical (unpaired) electrons. The van der Waals surface area contributed by atoms with E-state index < -0.39 is 0 Å². The molecule has 3 aromatic rings. The van der Waals surface area contributed by atoms with Gasteiger partial charge in [0.15, 0.2) is 0 Å². The molecule has 2 aliphatic heterocycles. The molecule has 6 rings (SSSR count). The molecule has 2 aromatic heterocycles. The summed E-state index contributed by atoms with van der Waals surface area (Å²) in [5.74, 6) is 0.126. The van der Waals surface area contributed by atoms with Crippen LogP contribution in [0.15, 0.2) is 48.9 Å². The lowest BCUT2D eigenvalue weighted by atomic mass is 9.99. The number of likely N-dealkylation sites (N-methyl/N-ethyl adjacent to an activating group) is 1. The first kappa shape index (κ1) is 17.7. The quantitative estimate of drug-likeness (QED) is 0.665. The number of aromatic nitrogens is 3. The number of carbonyl (C=O) groups excluding carboxylic acids is 1. The Balaban J connectivity index is 1.35. The molecule has 2 saturated heterocycles. The van der Waals surface area contributed by atoms with Crippen molar-refractivity contribution in [2.24, 2.45) is 0 Å². The highest BCUT2D eigenvalue weighted by Crippen LogP contribution is 2.35. The van der Waals surface area contributed by atoms with Crippen molar-refractivity contribution in [3.63, 3.8) is 0 Å². The number of carbonyl (C=O) groups is 1. The molecule has 2 unspecified atom stereocenters. The highest BCUT2D eigenvalue weighted by atomic mass is 16.2. The first-order chi connectivity index (χ1) is 14.7. The average Bonchev–Trinajstić information content (AvgIpc) is 3.31. The number of benzene rings is 1. The summed E-state index contributed by atoms with van der Waals surface area (Å²) in [4.78, 5) is 31.3. The molecule has 0 saturated carbocycles. The van der Waals surface area contributed by atoms with Gasteiger partial charge in [0.2, 0.25) is 0 Å². The van der Waals surface area contributed by atoms with E-state index in [1.165, 1.54) is 0 Å². The molecule has 1 aliphatic carbocycles. The third kappa shape index (κ3) is 2.75. The van der Waals surface area contributed by atoms with E-state index in [9.17, 15) is 4.79 Å². The zero-order chi connectivity index (χ0) is 20.2. The monoisotopic (exact) mass is 397 g/mol. The second-order valence-corrected chi connectivity index (χ2v) is 8.62. The Kier molecular flexibility index (Phi) is 3.96. The van der Waals surface area contributed by atoms with E-state index in [1.807, 2.05) is 12.1 Å². The molecule has 2 atom stereocenters. The van der Waals surface area contributed by atoms with Gasteiger partial charge >= 0.3 is 0 Å². The fourth-order valence-electron chi connectivity index (χ4n) is 5.31. The number of hydrogen-bond acceptors (Lipinski definition) is 5. The molecule has 6 nitrogen and oxygen atoms in total. The Morgan fingerprint density at radius 1 is 1.00 bits per heavy atom. The number of pyridine rings is 1. The van der Waals surface area contributed by atoms with E-state index in [1.54, 1.807) is 18.6 Å². The van der Waals surface area contributed by atoms with Crippen molar-refractivity contribution in [3.05, 3.63) is 71.3 Å². The molecule has 30 heavy (non-hydrogen) atoms. The van der Waals surface area contributed by atoms with Gasteiger partial charge in [0.1, 0.15) is 0 Å². The highest BCUT2D eigenvalue weighted by molar-refractivity contribution is 5.97. The number of rotatable bonds is 2. The zero-order valence-corrected chi connectivity index (χ0v) is 17.0. The molecule has 0 N–H and O–H groups in total. The summed E-state index contributed by atoms with van der Waals surface area (Å²) in [6.07, 6.45) is 10.4. The maximum atomic E-state index is 13.4. The lowest BCUT2D eigenvalue weighted by Gasteiger charge is -2.39. The van der Waals surface area contributed by atoms with Gasteiger partial charge in [-0.25, -0.2) is 0 Å². The van der Waals surface area contributed by atoms with Crippen LogP contribution in [-0.4, -0.2) is 62.9 Å². The van der Waals surface area contributed by atoms with Gasteiger partial charge < -0.3 is 9.80 Å². The number of likely N-dealkylation sites (tertiary alicyclic amines) is 1. The SMILES string of the molecule is CN1CC2CCC(C1)N2C(=O)c1cnc2c(c1)C(c1ccc3nccnc3c1)=CC2. The normalized spacial score (nSPS) is 23.0. The van der Waals surface area contributed by atoms with E-state index in [4.69, 9.17) is 0 Å². The van der Waals surface area contributed by atoms with Crippen molar-refractivity contribution in [1.82, 2.24) is 24.8 Å². The van der Waals surface area contributed by atoms with Crippen molar-refractivity contribution in [2.45, 2.75) is 31.3 Å². The maximum absolute atomic E-state index is 13.4. The largest absolute Gasteiger partial charge is 0.330 e. The van der Waals surface area contributed by atoms with E-state index in [2.05, 4.69) is 50.0 Å². The van der Waals surface area contributed by atoms with Crippen molar-refractivity contribution < 1.29 is 4.79 Å². The maximum Gasteiger partial charge on any atom is 0.256 e. The number of fused-ring (bicyclic) bond motifs is 4. The highest BCUT2D eigenvalue weighted by Gasteiger charge is 2.42. The second-order valence-electron chi connectivity index (χ2n) is 8.62. The van der Waals surface area contributed by atoms with Crippen molar-refractivity contribution >= 4 is 22.5 Å². The van der Waals surface area contributed by atoms with Crippen LogP contribution in [0.5, 0.6) is 0 Å². The number of hydrogen-bond donors (Lipinski definition) is 0. The van der Waals surface area contributed by atoms with Crippen LogP contribution in [0.2, 0.25) is 0 Å². The molecule has 6 heteroatoms. The van der Waals surface area contributed by atoms with E-state index >= 15 is 0 Å². The van der Waals surface area contributed by atoms with Gasteiger partial charge in [0.25, 0.3) is 5.91 Å². The van der Waals surface area contributed by atoms with Crippen LogP contribution in [0.25, 0.3) is 16.6 Å². The summed E-state index contributed by atoms with van der Waals surface area (Å²) in [7, 11) is 2.15. The van der Waals surface area contributed by atoms with E-state index in [0.717, 1.165) is 65.8 Å². The molecule has 150 valence electrons. The van der Waals surface area contributed by atoms with Crippen molar-refractivity contribution in [3.8, 4) is 0 Å². The molecule has 2 bridgehead atoms. The molecule has 0 spiro atoms. The van der Waals surface area contributed by atoms with Crippen LogP contribution in [-0.2, 0) is 6.42 Å². The summed E-state index contributed by atoms with van der Waals surface area (Å²) >= 11 is 0. The van der Waals surface area contributed by atoms with Crippen LogP contribution in [0.3, 0.4) is 0 Å². The number of piperazine rings is 1. The molecular weight excluding hydrogens is 374 g/mol. The fourth-order valence-corrected chi connectivity index (χ4v) is 5.31. The molecule has 4 heterocycles. The lowest BCUT2D eigenvalue weighted by Crippen LogP contribution is -2.54. The summed E-state index contributed by atoms with van der Waals surface area (Å²) < 4.78 is 0. The molecule has 1 aromatic carbocycles. The first-order valence-corrected chi connectivity index (χ1v) is 10.6. The Morgan fingerprint density at radius 2 is 1.77 bits per heavy atom. The van der Waals surface area contributed by atoms with E-state index in [0.29, 0.717) is 17.6 Å². The van der Waals surface area contributed by atoms with Gasteiger partial charge in [0.05, 0.1) is 22.3 Å².